The Hall–Kier alpha value is -1.98. The summed E-state index contributed by atoms with van der Waals surface area (Å²) in [4.78, 5) is 12.2. The second kappa shape index (κ2) is 7.53. The van der Waals surface area contributed by atoms with Crippen LogP contribution in [0.2, 0.25) is 10.0 Å². The van der Waals surface area contributed by atoms with Crippen molar-refractivity contribution >= 4 is 34.8 Å². The number of ether oxygens (including phenoxy) is 2. The van der Waals surface area contributed by atoms with Gasteiger partial charge >= 0.3 is 0 Å². The smallest absolute Gasteiger partial charge is 0.229 e. The van der Waals surface area contributed by atoms with E-state index in [9.17, 15) is 9.18 Å². The minimum Gasteiger partial charge on any atom is -0.495 e. The Labute approximate surface area is 143 Å². The fraction of sp³-hybridized carbons (Fsp3) is 0.188. The molecule has 0 atom stereocenters. The van der Waals surface area contributed by atoms with Gasteiger partial charge in [-0.15, -0.1) is 0 Å². The summed E-state index contributed by atoms with van der Waals surface area (Å²) in [5, 5.41) is 3.18. The molecular weight excluding hydrogens is 344 g/mol. The van der Waals surface area contributed by atoms with E-state index in [1.165, 1.54) is 44.6 Å². The van der Waals surface area contributed by atoms with Gasteiger partial charge in [-0.3, -0.25) is 4.79 Å². The van der Waals surface area contributed by atoms with Gasteiger partial charge in [0.2, 0.25) is 5.91 Å². The monoisotopic (exact) mass is 357 g/mol. The van der Waals surface area contributed by atoms with Crippen LogP contribution in [-0.4, -0.2) is 20.1 Å². The van der Waals surface area contributed by atoms with Gasteiger partial charge in [-0.05, 0) is 12.1 Å². The molecule has 0 saturated carbocycles. The molecule has 0 aliphatic rings. The maximum absolute atomic E-state index is 13.7. The van der Waals surface area contributed by atoms with Crippen molar-refractivity contribution in [2.45, 2.75) is 6.42 Å². The van der Waals surface area contributed by atoms with E-state index in [-0.39, 0.29) is 17.0 Å². The maximum Gasteiger partial charge on any atom is 0.229 e. The highest BCUT2D eigenvalue weighted by Gasteiger charge is 2.15. The molecule has 0 fully saturated rings. The number of hydrogen-bond acceptors (Lipinski definition) is 3. The topological polar surface area (TPSA) is 47.6 Å². The van der Waals surface area contributed by atoms with E-state index in [1.807, 2.05) is 0 Å². The summed E-state index contributed by atoms with van der Waals surface area (Å²) >= 11 is 11.9. The Morgan fingerprint density at radius 1 is 1.13 bits per heavy atom. The van der Waals surface area contributed by atoms with Crippen molar-refractivity contribution in [3.63, 3.8) is 0 Å². The molecule has 0 heterocycles. The first kappa shape index (κ1) is 17.4. The van der Waals surface area contributed by atoms with Crippen LogP contribution in [0.1, 0.15) is 5.56 Å². The fourth-order valence-corrected chi connectivity index (χ4v) is 2.47. The van der Waals surface area contributed by atoms with Crippen molar-refractivity contribution in [2.75, 3.05) is 19.5 Å². The summed E-state index contributed by atoms with van der Waals surface area (Å²) in [7, 11) is 2.90. The molecule has 7 heteroatoms. The molecule has 2 rings (SSSR count). The van der Waals surface area contributed by atoms with Crippen LogP contribution in [0.5, 0.6) is 11.5 Å². The number of benzene rings is 2. The lowest BCUT2D eigenvalue weighted by molar-refractivity contribution is -0.115. The Morgan fingerprint density at radius 3 is 2.43 bits per heavy atom. The molecule has 0 aliphatic heterocycles. The molecule has 2 aromatic carbocycles. The van der Waals surface area contributed by atoms with Gasteiger partial charge in [-0.2, -0.15) is 0 Å². The lowest BCUT2D eigenvalue weighted by atomic mass is 10.1. The van der Waals surface area contributed by atoms with E-state index >= 15 is 0 Å². The van der Waals surface area contributed by atoms with E-state index in [2.05, 4.69) is 5.32 Å². The normalized spacial score (nSPS) is 10.3. The average Bonchev–Trinajstić information content (AvgIpc) is 2.52. The number of halogens is 3. The summed E-state index contributed by atoms with van der Waals surface area (Å²) in [5.74, 6) is -0.233. The molecular formula is C16H14Cl2FNO3. The molecule has 122 valence electrons. The largest absolute Gasteiger partial charge is 0.495 e. The molecule has 1 amide bonds. The lowest BCUT2D eigenvalue weighted by Gasteiger charge is -2.13. The van der Waals surface area contributed by atoms with Crippen LogP contribution in [0.25, 0.3) is 0 Å². The molecule has 4 nitrogen and oxygen atoms in total. The second-order valence-electron chi connectivity index (χ2n) is 4.61. The van der Waals surface area contributed by atoms with Crippen LogP contribution in [0, 0.1) is 5.82 Å². The van der Waals surface area contributed by atoms with Crippen LogP contribution in [0.4, 0.5) is 10.1 Å². The third kappa shape index (κ3) is 4.06. The van der Waals surface area contributed by atoms with Crippen LogP contribution in [-0.2, 0) is 11.2 Å². The standard InChI is InChI=1S/C16H14Cl2FNO3/c1-22-14-8-13(15(23-2)7-11(14)18)20-16(21)6-9-10(17)4-3-5-12(9)19/h3-5,7-8H,6H2,1-2H3,(H,20,21). The average molecular weight is 358 g/mol. The third-order valence-electron chi connectivity index (χ3n) is 3.15. The van der Waals surface area contributed by atoms with Gasteiger partial charge in [0.15, 0.2) is 0 Å². The molecule has 0 radical (unpaired) electrons. The minimum atomic E-state index is -0.534. The first-order valence-corrected chi connectivity index (χ1v) is 7.36. The molecule has 0 saturated heterocycles. The van der Waals surface area contributed by atoms with Gasteiger partial charge < -0.3 is 14.8 Å². The predicted octanol–water partition coefficient (Wildman–Crippen LogP) is 4.33. The van der Waals surface area contributed by atoms with E-state index in [0.29, 0.717) is 22.2 Å². The van der Waals surface area contributed by atoms with Gasteiger partial charge in [0.05, 0.1) is 31.4 Å². The van der Waals surface area contributed by atoms with E-state index in [1.54, 1.807) is 0 Å². The number of hydrogen-bond donors (Lipinski definition) is 1. The number of carbonyl (C=O) groups is 1. The minimum absolute atomic E-state index is 0.131. The summed E-state index contributed by atoms with van der Waals surface area (Å²) in [6, 6.07) is 7.31. The first-order chi connectivity index (χ1) is 11.0. The zero-order valence-electron chi connectivity index (χ0n) is 12.5. The van der Waals surface area contributed by atoms with Gasteiger partial charge in [0.1, 0.15) is 17.3 Å². The highest BCUT2D eigenvalue weighted by Crippen LogP contribution is 2.36. The van der Waals surface area contributed by atoms with Crippen molar-refractivity contribution in [1.82, 2.24) is 0 Å². The highest BCUT2D eigenvalue weighted by atomic mass is 35.5. The second-order valence-corrected chi connectivity index (χ2v) is 5.43. The molecule has 0 spiro atoms. The molecule has 1 N–H and O–H groups in total. The number of rotatable bonds is 5. The number of methoxy groups -OCH3 is 2. The van der Waals surface area contributed by atoms with Gasteiger partial charge in [-0.1, -0.05) is 29.3 Å². The summed E-state index contributed by atoms with van der Waals surface area (Å²) in [6.07, 6.45) is -0.209. The van der Waals surface area contributed by atoms with E-state index in [4.69, 9.17) is 32.7 Å². The number of nitrogens with one attached hydrogen (secondary N) is 1. The molecule has 0 bridgehead atoms. The molecule has 0 aliphatic carbocycles. The van der Waals surface area contributed by atoms with Gasteiger partial charge in [-0.25, -0.2) is 4.39 Å². The summed E-state index contributed by atoms with van der Waals surface area (Å²) in [5.41, 5.74) is 0.498. The molecule has 0 unspecified atom stereocenters. The van der Waals surface area contributed by atoms with Crippen molar-refractivity contribution < 1.29 is 18.7 Å². The van der Waals surface area contributed by atoms with Crippen LogP contribution in [0.3, 0.4) is 0 Å². The SMILES string of the molecule is COc1cc(NC(=O)Cc2c(F)cccc2Cl)c(OC)cc1Cl. The van der Waals surface area contributed by atoms with Gasteiger partial charge in [0, 0.05) is 22.7 Å². The van der Waals surface area contributed by atoms with E-state index in [0.717, 1.165) is 0 Å². The maximum atomic E-state index is 13.7. The molecule has 23 heavy (non-hydrogen) atoms. The number of anilines is 1. The zero-order chi connectivity index (χ0) is 17.0. The Bertz CT molecular complexity index is 717. The predicted molar refractivity (Wildman–Crippen MR) is 88.3 cm³/mol. The van der Waals surface area contributed by atoms with Crippen molar-refractivity contribution in [3.8, 4) is 11.5 Å². The Morgan fingerprint density at radius 2 is 1.83 bits per heavy atom. The quantitative estimate of drug-likeness (QED) is 0.866. The van der Waals surface area contributed by atoms with Crippen molar-refractivity contribution in [3.05, 3.63) is 51.8 Å². The Kier molecular flexibility index (Phi) is 5.69. The van der Waals surface area contributed by atoms with Crippen LogP contribution in [0.15, 0.2) is 30.3 Å². The zero-order valence-corrected chi connectivity index (χ0v) is 14.0. The number of carbonyl (C=O) groups excluding carboxylic acids is 1. The fourth-order valence-electron chi connectivity index (χ4n) is 2.01. The first-order valence-electron chi connectivity index (χ1n) is 6.60. The third-order valence-corrected chi connectivity index (χ3v) is 3.80. The lowest BCUT2D eigenvalue weighted by Crippen LogP contribution is -2.16. The molecule has 2 aromatic rings. The summed E-state index contributed by atoms with van der Waals surface area (Å²) in [6.45, 7) is 0. The van der Waals surface area contributed by atoms with Crippen LogP contribution >= 0.6 is 23.2 Å². The van der Waals surface area contributed by atoms with Crippen molar-refractivity contribution in [1.29, 1.82) is 0 Å². The van der Waals surface area contributed by atoms with E-state index < -0.39 is 11.7 Å². The van der Waals surface area contributed by atoms with Crippen molar-refractivity contribution in [2.24, 2.45) is 0 Å². The van der Waals surface area contributed by atoms with Gasteiger partial charge in [0.25, 0.3) is 0 Å². The highest BCUT2D eigenvalue weighted by molar-refractivity contribution is 6.32. The Balaban J connectivity index is 2.23. The number of amides is 1. The van der Waals surface area contributed by atoms with Crippen LogP contribution < -0.4 is 14.8 Å². The molecule has 0 aromatic heterocycles. The summed E-state index contributed by atoms with van der Waals surface area (Å²) < 4.78 is 24.0.